The first-order valence-corrected chi connectivity index (χ1v) is 11.6. The van der Waals surface area contributed by atoms with E-state index in [9.17, 15) is 18.5 Å². The molecule has 0 amide bonds. The molecule has 3 rings (SSSR count). The van der Waals surface area contributed by atoms with Gasteiger partial charge in [0.25, 0.3) is 0 Å². The number of aromatic carboxylic acids is 1. The molecule has 0 fully saturated rings. The van der Waals surface area contributed by atoms with Crippen LogP contribution in [0, 0.1) is 33.5 Å². The molecule has 0 radical (unpaired) electrons. The lowest BCUT2D eigenvalue weighted by molar-refractivity contribution is 0.0683. The zero-order valence-corrected chi connectivity index (χ0v) is 19.9. The monoisotopic (exact) mass is 477 g/mol. The number of carboxylic acids is 1. The van der Waals surface area contributed by atoms with Crippen LogP contribution in [0.25, 0.3) is 0 Å². The average Bonchev–Trinajstić information content (AvgIpc) is 2.99. The van der Waals surface area contributed by atoms with Gasteiger partial charge in [0.2, 0.25) is 0 Å². The maximum absolute atomic E-state index is 13.2. The van der Waals surface area contributed by atoms with Gasteiger partial charge in [-0.3, -0.25) is 0 Å². The highest BCUT2D eigenvalue weighted by Crippen LogP contribution is 2.30. The maximum Gasteiger partial charge on any atom is 0.352 e. The number of aryl methyl sites for hydroxylation is 2. The first kappa shape index (κ1) is 24.0. The number of nitrogens with zero attached hydrogens (tertiary/aromatic N) is 1. The van der Waals surface area contributed by atoms with Crippen molar-refractivity contribution in [3.05, 3.63) is 75.3 Å². The lowest BCUT2D eigenvalue weighted by atomic mass is 10.1. The van der Waals surface area contributed by atoms with Crippen LogP contribution in [0.2, 0.25) is 5.02 Å². The molecule has 1 heterocycles. The number of ether oxygens (including phenoxy) is 1. The van der Waals surface area contributed by atoms with E-state index in [1.54, 1.807) is 18.4 Å². The lowest BCUT2D eigenvalue weighted by Crippen LogP contribution is -2.13. The maximum atomic E-state index is 13.2. The summed E-state index contributed by atoms with van der Waals surface area (Å²) < 4.78 is 33.9. The molecule has 1 aromatic heterocycles. The first-order valence-electron chi connectivity index (χ1n) is 10.1. The first-order chi connectivity index (χ1) is 15.1. The molecular weight excluding hydrogens is 453 g/mol. The van der Waals surface area contributed by atoms with Gasteiger partial charge in [-0.1, -0.05) is 11.6 Å². The van der Waals surface area contributed by atoms with Crippen molar-refractivity contribution < 1.29 is 23.2 Å². The third-order valence-corrected chi connectivity index (χ3v) is 7.59. The number of carbonyl (C=O) groups is 1. The van der Waals surface area contributed by atoms with Gasteiger partial charge in [-0.05, 0) is 87.2 Å². The van der Waals surface area contributed by atoms with Crippen molar-refractivity contribution in [2.75, 3.05) is 6.61 Å². The topological polar surface area (TPSA) is 68.5 Å². The molecule has 32 heavy (non-hydrogen) atoms. The highest BCUT2D eigenvalue weighted by Gasteiger charge is 2.26. The summed E-state index contributed by atoms with van der Waals surface area (Å²) in [6, 6.07) is 9.12. The van der Waals surface area contributed by atoms with Gasteiger partial charge in [0.05, 0.1) is 22.3 Å². The summed E-state index contributed by atoms with van der Waals surface area (Å²) in [7, 11) is -1.62. The minimum Gasteiger partial charge on any atom is -0.494 e. The van der Waals surface area contributed by atoms with Gasteiger partial charge in [-0.2, -0.15) is 0 Å². The molecule has 1 N–H and O–H groups in total. The Morgan fingerprint density at radius 2 is 1.72 bits per heavy atom. The molecule has 0 spiro atoms. The molecule has 0 saturated carbocycles. The van der Waals surface area contributed by atoms with E-state index in [4.69, 9.17) is 16.3 Å². The minimum absolute atomic E-state index is 0.103. The minimum atomic E-state index is -1.62. The highest BCUT2D eigenvalue weighted by molar-refractivity contribution is 7.85. The Kier molecular flexibility index (Phi) is 7.41. The van der Waals surface area contributed by atoms with Crippen LogP contribution in [0.4, 0.5) is 4.39 Å². The molecular formula is C24H25ClFNO4S. The molecule has 1 unspecified atom stereocenters. The van der Waals surface area contributed by atoms with Crippen LogP contribution >= 0.6 is 11.6 Å². The van der Waals surface area contributed by atoms with Crippen molar-refractivity contribution in [1.82, 2.24) is 4.57 Å². The van der Waals surface area contributed by atoms with E-state index < -0.39 is 22.6 Å². The van der Waals surface area contributed by atoms with Gasteiger partial charge in [0.1, 0.15) is 17.3 Å². The second-order valence-electron chi connectivity index (χ2n) is 7.64. The summed E-state index contributed by atoms with van der Waals surface area (Å²) in [5.41, 5.74) is 3.02. The fourth-order valence-corrected chi connectivity index (χ4v) is 5.26. The predicted octanol–water partition coefficient (Wildman–Crippen LogP) is 5.85. The molecule has 0 aliphatic heterocycles. The molecule has 5 nitrogen and oxygen atoms in total. The number of rotatable bonds is 8. The van der Waals surface area contributed by atoms with Gasteiger partial charge >= 0.3 is 5.97 Å². The van der Waals surface area contributed by atoms with Crippen LogP contribution < -0.4 is 4.74 Å². The Balaban J connectivity index is 1.80. The molecule has 2 aromatic carbocycles. The van der Waals surface area contributed by atoms with Crippen molar-refractivity contribution >= 4 is 28.4 Å². The van der Waals surface area contributed by atoms with Crippen LogP contribution in [0.5, 0.6) is 5.75 Å². The Bertz CT molecular complexity index is 1160. The number of aromatic nitrogens is 1. The second kappa shape index (κ2) is 9.88. The van der Waals surface area contributed by atoms with Gasteiger partial charge < -0.3 is 14.4 Å². The molecule has 170 valence electrons. The van der Waals surface area contributed by atoms with Crippen LogP contribution in [0.15, 0.2) is 46.2 Å². The quantitative estimate of drug-likeness (QED) is 0.413. The van der Waals surface area contributed by atoms with Crippen molar-refractivity contribution in [2.45, 2.75) is 50.5 Å². The average molecular weight is 478 g/mol. The van der Waals surface area contributed by atoms with Crippen molar-refractivity contribution in [2.24, 2.45) is 0 Å². The summed E-state index contributed by atoms with van der Waals surface area (Å²) in [5, 5.41) is 10.5. The number of hydrogen-bond donors (Lipinski definition) is 1. The smallest absolute Gasteiger partial charge is 0.352 e. The number of halogens is 2. The fraction of sp³-hybridized carbons (Fsp3) is 0.292. The Hall–Kier alpha value is -2.64. The van der Waals surface area contributed by atoms with E-state index in [2.05, 4.69) is 0 Å². The molecule has 0 saturated heterocycles. The standard InChI is InChI=1S/C24H25ClFNO4S/c1-14-12-19(13-15(2)21(14)25)31-11-5-10-27-17(4)23(16(3)22(27)24(28)29)32(30)20-8-6-18(26)7-9-20/h6-9,12-13H,5,10-11H2,1-4H3,(H,28,29). The Morgan fingerprint density at radius 3 is 2.28 bits per heavy atom. The zero-order valence-electron chi connectivity index (χ0n) is 18.4. The molecule has 0 aliphatic carbocycles. The summed E-state index contributed by atoms with van der Waals surface area (Å²) >= 11 is 6.19. The lowest BCUT2D eigenvalue weighted by Gasteiger charge is -2.12. The largest absolute Gasteiger partial charge is 0.494 e. The second-order valence-corrected chi connectivity index (χ2v) is 9.44. The van der Waals surface area contributed by atoms with Crippen molar-refractivity contribution in [1.29, 1.82) is 0 Å². The molecule has 1 atom stereocenters. The number of benzene rings is 2. The summed E-state index contributed by atoms with van der Waals surface area (Å²) in [5.74, 6) is -0.798. The van der Waals surface area contributed by atoms with E-state index in [1.165, 1.54) is 24.3 Å². The van der Waals surface area contributed by atoms with Crippen LogP contribution in [0.1, 0.15) is 39.3 Å². The van der Waals surface area contributed by atoms with E-state index in [0.29, 0.717) is 51.4 Å². The van der Waals surface area contributed by atoms with Crippen molar-refractivity contribution in [3.8, 4) is 5.75 Å². The van der Waals surface area contributed by atoms with E-state index in [1.807, 2.05) is 26.0 Å². The molecule has 0 bridgehead atoms. The van der Waals surface area contributed by atoms with Crippen molar-refractivity contribution in [3.63, 3.8) is 0 Å². The summed E-state index contributed by atoms with van der Waals surface area (Å²) in [6.45, 7) is 8.00. The molecule has 3 aromatic rings. The van der Waals surface area contributed by atoms with Gasteiger partial charge in [0, 0.05) is 22.2 Å². The number of carboxylic acid groups (broad SMARTS) is 1. The van der Waals surface area contributed by atoms with E-state index in [0.717, 1.165) is 11.1 Å². The molecule has 8 heteroatoms. The summed E-state index contributed by atoms with van der Waals surface area (Å²) in [4.78, 5) is 12.8. The van der Waals surface area contributed by atoms with Crippen LogP contribution in [-0.4, -0.2) is 26.5 Å². The van der Waals surface area contributed by atoms with Gasteiger partial charge in [-0.25, -0.2) is 13.4 Å². The SMILES string of the molecule is Cc1cc(OCCCn2c(C)c(S(=O)c3ccc(F)cc3)c(C)c2C(=O)O)cc(C)c1Cl. The van der Waals surface area contributed by atoms with E-state index in [-0.39, 0.29) is 5.69 Å². The number of hydrogen-bond acceptors (Lipinski definition) is 3. The van der Waals surface area contributed by atoms with Crippen LogP contribution in [-0.2, 0) is 17.3 Å². The molecule has 0 aliphatic rings. The Morgan fingerprint density at radius 1 is 1.12 bits per heavy atom. The fourth-order valence-electron chi connectivity index (χ4n) is 3.78. The normalized spacial score (nSPS) is 12.1. The predicted molar refractivity (Wildman–Crippen MR) is 123 cm³/mol. The van der Waals surface area contributed by atoms with Gasteiger partial charge in [-0.15, -0.1) is 0 Å². The highest BCUT2D eigenvalue weighted by atomic mass is 35.5. The third kappa shape index (κ3) is 4.89. The van der Waals surface area contributed by atoms with Crippen LogP contribution in [0.3, 0.4) is 0 Å². The third-order valence-electron chi connectivity index (χ3n) is 5.32. The summed E-state index contributed by atoms with van der Waals surface area (Å²) in [6.07, 6.45) is 0.554. The zero-order chi connectivity index (χ0) is 23.6. The van der Waals surface area contributed by atoms with Gasteiger partial charge in [0.15, 0.2) is 0 Å². The van der Waals surface area contributed by atoms with E-state index >= 15 is 0 Å². The Labute approximate surface area is 194 Å².